The molecular weight excluding hydrogens is 248 g/mol. The van der Waals surface area contributed by atoms with E-state index in [1.807, 2.05) is 27.0 Å². The lowest BCUT2D eigenvalue weighted by Gasteiger charge is -2.11. The maximum Gasteiger partial charge on any atom is 0.132 e. The molecule has 0 saturated carbocycles. The summed E-state index contributed by atoms with van der Waals surface area (Å²) in [5.74, 6) is 2.45. The normalized spacial score (nSPS) is 14.0. The Morgan fingerprint density at radius 3 is 2.61 bits per heavy atom. The second kappa shape index (κ2) is 7.31. The highest BCUT2D eigenvalue weighted by atomic mass is 32.2. The van der Waals surface area contributed by atoms with Gasteiger partial charge in [0.15, 0.2) is 0 Å². The minimum atomic E-state index is -0.765. The number of anilines is 2. The number of nitrogens with zero attached hydrogens (tertiary/aromatic N) is 2. The van der Waals surface area contributed by atoms with E-state index in [2.05, 4.69) is 20.6 Å². The summed E-state index contributed by atoms with van der Waals surface area (Å²) >= 11 is 0. The van der Waals surface area contributed by atoms with Gasteiger partial charge in [0.1, 0.15) is 17.5 Å². The second-order valence-electron chi connectivity index (χ2n) is 4.18. The van der Waals surface area contributed by atoms with E-state index in [-0.39, 0.29) is 5.25 Å². The van der Waals surface area contributed by atoms with Gasteiger partial charge in [0.2, 0.25) is 0 Å². The fraction of sp³-hybridized carbons (Fsp3) is 0.667. The highest BCUT2D eigenvalue weighted by molar-refractivity contribution is 7.84. The predicted octanol–water partition coefficient (Wildman–Crippen LogP) is 1.65. The lowest BCUT2D eigenvalue weighted by atomic mass is 10.3. The number of aryl methyl sites for hydroxylation is 1. The first kappa shape index (κ1) is 14.9. The molecule has 1 aromatic heterocycles. The Labute approximate surface area is 111 Å². The van der Waals surface area contributed by atoms with Crippen molar-refractivity contribution in [3.05, 3.63) is 11.9 Å². The van der Waals surface area contributed by atoms with Crippen molar-refractivity contribution in [2.45, 2.75) is 31.9 Å². The third-order valence-corrected chi connectivity index (χ3v) is 4.14. The number of hydrogen-bond acceptors (Lipinski definition) is 5. The lowest BCUT2D eigenvalue weighted by molar-refractivity contribution is 0.672. The van der Waals surface area contributed by atoms with E-state index in [9.17, 15) is 4.21 Å². The van der Waals surface area contributed by atoms with Crippen LogP contribution in [0.15, 0.2) is 6.07 Å². The van der Waals surface area contributed by atoms with E-state index in [0.717, 1.165) is 36.8 Å². The van der Waals surface area contributed by atoms with E-state index < -0.39 is 10.8 Å². The van der Waals surface area contributed by atoms with Gasteiger partial charge in [0.25, 0.3) is 0 Å². The minimum absolute atomic E-state index is 0.203. The Balaban J connectivity index is 2.58. The van der Waals surface area contributed by atoms with Gasteiger partial charge < -0.3 is 10.6 Å². The quantitative estimate of drug-likeness (QED) is 0.788. The largest absolute Gasteiger partial charge is 0.373 e. The molecule has 1 aromatic rings. The van der Waals surface area contributed by atoms with E-state index in [1.165, 1.54) is 0 Å². The number of aromatic nitrogens is 2. The first-order chi connectivity index (χ1) is 8.56. The molecule has 0 bridgehead atoms. The molecule has 1 heterocycles. The highest BCUT2D eigenvalue weighted by Crippen LogP contribution is 2.11. The standard InChI is InChI=1S/C12H22N4OS/c1-5-10-15-11(13-3)8-12(16-10)14-7-6-9(2)18(4)17/h8-9H,5-7H2,1-4H3,(H2,13,14,15,16). The molecule has 5 nitrogen and oxygen atoms in total. The van der Waals surface area contributed by atoms with E-state index >= 15 is 0 Å². The van der Waals surface area contributed by atoms with Crippen molar-refractivity contribution in [1.82, 2.24) is 9.97 Å². The van der Waals surface area contributed by atoms with Crippen molar-refractivity contribution in [2.24, 2.45) is 0 Å². The molecular formula is C12H22N4OS. The fourth-order valence-electron chi connectivity index (χ4n) is 1.44. The number of rotatable bonds is 7. The van der Waals surface area contributed by atoms with Crippen LogP contribution in [0.1, 0.15) is 26.1 Å². The molecule has 0 aliphatic rings. The predicted molar refractivity (Wildman–Crippen MR) is 77.6 cm³/mol. The van der Waals surface area contributed by atoms with Crippen molar-refractivity contribution in [2.75, 3.05) is 30.5 Å². The maximum atomic E-state index is 11.2. The van der Waals surface area contributed by atoms with Crippen molar-refractivity contribution in [1.29, 1.82) is 0 Å². The molecule has 6 heteroatoms. The summed E-state index contributed by atoms with van der Waals surface area (Å²) in [6.07, 6.45) is 3.41. The Kier molecular flexibility index (Phi) is 6.04. The molecule has 0 aliphatic carbocycles. The molecule has 2 unspecified atom stereocenters. The van der Waals surface area contributed by atoms with E-state index in [4.69, 9.17) is 0 Å². The molecule has 0 aliphatic heterocycles. The average Bonchev–Trinajstić information content (AvgIpc) is 2.37. The maximum absolute atomic E-state index is 11.2. The van der Waals surface area contributed by atoms with Gasteiger partial charge in [-0.1, -0.05) is 13.8 Å². The summed E-state index contributed by atoms with van der Waals surface area (Å²) in [6, 6.07) is 1.88. The topological polar surface area (TPSA) is 66.9 Å². The Hall–Kier alpha value is -1.17. The molecule has 0 aromatic carbocycles. The van der Waals surface area contributed by atoms with Gasteiger partial charge in [-0.2, -0.15) is 0 Å². The molecule has 102 valence electrons. The minimum Gasteiger partial charge on any atom is -0.373 e. The molecule has 18 heavy (non-hydrogen) atoms. The average molecular weight is 270 g/mol. The van der Waals surface area contributed by atoms with Crippen LogP contribution >= 0.6 is 0 Å². The zero-order chi connectivity index (χ0) is 13.5. The zero-order valence-electron chi connectivity index (χ0n) is 11.5. The van der Waals surface area contributed by atoms with Crippen LogP contribution in [-0.4, -0.2) is 39.3 Å². The van der Waals surface area contributed by atoms with Gasteiger partial charge in [-0.3, -0.25) is 4.21 Å². The molecule has 2 atom stereocenters. The lowest BCUT2D eigenvalue weighted by Crippen LogP contribution is -2.15. The Morgan fingerprint density at radius 2 is 2.06 bits per heavy atom. The van der Waals surface area contributed by atoms with Crippen LogP contribution in [0.2, 0.25) is 0 Å². The molecule has 1 rings (SSSR count). The Bertz CT molecular complexity index is 389. The molecule has 0 amide bonds. The van der Waals surface area contributed by atoms with Gasteiger partial charge in [0.05, 0.1) is 0 Å². The number of hydrogen-bond donors (Lipinski definition) is 2. The fourth-order valence-corrected chi connectivity index (χ4v) is 1.89. The molecule has 0 fully saturated rings. The zero-order valence-corrected chi connectivity index (χ0v) is 12.3. The van der Waals surface area contributed by atoms with Gasteiger partial charge in [-0.25, -0.2) is 9.97 Å². The van der Waals surface area contributed by atoms with Gasteiger partial charge in [-0.15, -0.1) is 0 Å². The van der Waals surface area contributed by atoms with Crippen LogP contribution < -0.4 is 10.6 Å². The monoisotopic (exact) mass is 270 g/mol. The molecule has 0 saturated heterocycles. The first-order valence-electron chi connectivity index (χ1n) is 6.18. The van der Waals surface area contributed by atoms with Crippen LogP contribution in [0, 0.1) is 0 Å². The summed E-state index contributed by atoms with van der Waals surface area (Å²) in [7, 11) is 1.08. The highest BCUT2D eigenvalue weighted by Gasteiger charge is 2.06. The Morgan fingerprint density at radius 1 is 1.39 bits per heavy atom. The molecule has 0 spiro atoms. The van der Waals surface area contributed by atoms with E-state index in [0.29, 0.717) is 0 Å². The molecule has 0 radical (unpaired) electrons. The van der Waals surface area contributed by atoms with Crippen molar-refractivity contribution >= 4 is 22.4 Å². The van der Waals surface area contributed by atoms with Gasteiger partial charge in [-0.05, 0) is 6.42 Å². The van der Waals surface area contributed by atoms with Crippen LogP contribution in [-0.2, 0) is 17.2 Å². The van der Waals surface area contributed by atoms with Crippen LogP contribution in [0.3, 0.4) is 0 Å². The smallest absolute Gasteiger partial charge is 0.132 e. The third kappa shape index (κ3) is 4.60. The first-order valence-corrected chi connectivity index (χ1v) is 7.80. The summed E-state index contributed by atoms with van der Waals surface area (Å²) < 4.78 is 11.2. The summed E-state index contributed by atoms with van der Waals surface area (Å²) in [6.45, 7) is 4.79. The third-order valence-electron chi connectivity index (χ3n) is 2.77. The van der Waals surface area contributed by atoms with Crippen molar-refractivity contribution in [3.8, 4) is 0 Å². The molecule has 2 N–H and O–H groups in total. The second-order valence-corrected chi connectivity index (χ2v) is 5.98. The summed E-state index contributed by atoms with van der Waals surface area (Å²) in [5.41, 5.74) is 0. The van der Waals surface area contributed by atoms with Crippen molar-refractivity contribution in [3.63, 3.8) is 0 Å². The van der Waals surface area contributed by atoms with Crippen LogP contribution in [0.4, 0.5) is 11.6 Å². The van der Waals surface area contributed by atoms with Gasteiger partial charge >= 0.3 is 0 Å². The van der Waals surface area contributed by atoms with E-state index in [1.54, 1.807) is 6.26 Å². The van der Waals surface area contributed by atoms with Crippen LogP contribution in [0.25, 0.3) is 0 Å². The number of nitrogens with one attached hydrogen (secondary N) is 2. The van der Waals surface area contributed by atoms with Crippen LogP contribution in [0.5, 0.6) is 0 Å². The summed E-state index contributed by atoms with van der Waals surface area (Å²) in [5, 5.41) is 6.48. The SMILES string of the molecule is CCc1nc(NC)cc(NCCC(C)S(C)=O)n1. The van der Waals surface area contributed by atoms with Gasteiger partial charge in [0, 0.05) is 48.4 Å². The van der Waals surface area contributed by atoms with Crippen molar-refractivity contribution < 1.29 is 4.21 Å². The summed E-state index contributed by atoms with van der Waals surface area (Å²) in [4.78, 5) is 8.73.